The third kappa shape index (κ3) is 6.39. The molecule has 1 saturated heterocycles. The zero-order valence-electron chi connectivity index (χ0n) is 11.6. The van der Waals surface area contributed by atoms with Crippen LogP contribution in [0.5, 0.6) is 0 Å². The largest absolute Gasteiger partial charge is 0.379 e. The minimum absolute atomic E-state index is 0.731. The fraction of sp³-hybridized carbons (Fsp3) is 1.00. The summed E-state index contributed by atoms with van der Waals surface area (Å²) in [6.07, 6.45) is 6.80. The third-order valence-corrected chi connectivity index (χ3v) is 3.47. The zero-order valence-corrected chi connectivity index (χ0v) is 11.6. The number of hydrogen-bond donors (Lipinski definition) is 0. The monoisotopic (exact) mass is 243 g/mol. The van der Waals surface area contributed by atoms with E-state index in [1.165, 1.54) is 38.6 Å². The molecule has 17 heavy (non-hydrogen) atoms. The van der Waals surface area contributed by atoms with Crippen molar-refractivity contribution in [1.29, 1.82) is 0 Å². The summed E-state index contributed by atoms with van der Waals surface area (Å²) in [6.45, 7) is 9.76. The molecular formula is C14H29NO2. The molecule has 3 nitrogen and oxygen atoms in total. The number of ether oxygens (including phenoxy) is 2. The molecule has 1 rings (SSSR count). The standard InChI is InChI=1S/C14H29NO2/c1-3-7-14-8-5-6-9-15(14)10-11-17-13-12-16-4-2/h14H,3-13H2,1-2H3. The second-order valence-electron chi connectivity index (χ2n) is 4.78. The van der Waals surface area contributed by atoms with Gasteiger partial charge in [0.05, 0.1) is 19.8 Å². The highest BCUT2D eigenvalue weighted by Gasteiger charge is 2.20. The quantitative estimate of drug-likeness (QED) is 0.581. The van der Waals surface area contributed by atoms with Crippen LogP contribution >= 0.6 is 0 Å². The minimum Gasteiger partial charge on any atom is -0.379 e. The van der Waals surface area contributed by atoms with E-state index in [1.807, 2.05) is 6.92 Å². The molecule has 0 aromatic rings. The number of likely N-dealkylation sites (tertiary alicyclic amines) is 1. The van der Waals surface area contributed by atoms with Crippen molar-refractivity contribution >= 4 is 0 Å². The molecule has 0 amide bonds. The molecule has 1 aliphatic rings. The summed E-state index contributed by atoms with van der Waals surface area (Å²) >= 11 is 0. The van der Waals surface area contributed by atoms with E-state index in [4.69, 9.17) is 9.47 Å². The van der Waals surface area contributed by atoms with Gasteiger partial charge in [0.25, 0.3) is 0 Å². The first-order chi connectivity index (χ1) is 8.38. The van der Waals surface area contributed by atoms with Crippen molar-refractivity contribution in [3.05, 3.63) is 0 Å². The highest BCUT2D eigenvalue weighted by atomic mass is 16.5. The lowest BCUT2D eigenvalue weighted by atomic mass is 9.98. The number of nitrogens with zero attached hydrogens (tertiary/aromatic N) is 1. The Bertz CT molecular complexity index is 174. The Morgan fingerprint density at radius 1 is 1.06 bits per heavy atom. The van der Waals surface area contributed by atoms with Gasteiger partial charge >= 0.3 is 0 Å². The van der Waals surface area contributed by atoms with Gasteiger partial charge in [0.2, 0.25) is 0 Å². The van der Waals surface area contributed by atoms with Gasteiger partial charge < -0.3 is 9.47 Å². The van der Waals surface area contributed by atoms with Crippen molar-refractivity contribution in [2.45, 2.75) is 52.0 Å². The number of hydrogen-bond acceptors (Lipinski definition) is 3. The van der Waals surface area contributed by atoms with E-state index in [-0.39, 0.29) is 0 Å². The number of rotatable bonds is 9. The molecule has 0 spiro atoms. The normalized spacial score (nSPS) is 21.9. The third-order valence-electron chi connectivity index (χ3n) is 3.47. The van der Waals surface area contributed by atoms with Crippen molar-refractivity contribution in [2.75, 3.05) is 39.5 Å². The second kappa shape index (κ2) is 9.86. The van der Waals surface area contributed by atoms with E-state index in [9.17, 15) is 0 Å². The predicted octanol–water partition coefficient (Wildman–Crippen LogP) is 2.69. The molecule has 0 N–H and O–H groups in total. The Balaban J connectivity index is 2.06. The molecule has 1 fully saturated rings. The van der Waals surface area contributed by atoms with E-state index in [0.717, 1.165) is 39.0 Å². The molecule has 1 aliphatic heterocycles. The van der Waals surface area contributed by atoms with Crippen LogP contribution in [0.4, 0.5) is 0 Å². The minimum atomic E-state index is 0.731. The van der Waals surface area contributed by atoms with Crippen LogP contribution < -0.4 is 0 Å². The van der Waals surface area contributed by atoms with Crippen LogP contribution in [0, 0.1) is 0 Å². The maximum absolute atomic E-state index is 5.60. The molecule has 1 heterocycles. The molecule has 0 aromatic heterocycles. The van der Waals surface area contributed by atoms with Gasteiger partial charge in [-0.2, -0.15) is 0 Å². The molecule has 0 bridgehead atoms. The first-order valence-corrected chi connectivity index (χ1v) is 7.28. The highest BCUT2D eigenvalue weighted by molar-refractivity contribution is 4.76. The van der Waals surface area contributed by atoms with Crippen molar-refractivity contribution in [2.24, 2.45) is 0 Å². The van der Waals surface area contributed by atoms with Gasteiger partial charge in [0, 0.05) is 19.2 Å². The summed E-state index contributed by atoms with van der Waals surface area (Å²) in [4.78, 5) is 2.62. The second-order valence-corrected chi connectivity index (χ2v) is 4.78. The molecule has 0 radical (unpaired) electrons. The SMILES string of the molecule is CCCC1CCCCN1CCOCCOCC. The predicted molar refractivity (Wildman–Crippen MR) is 71.4 cm³/mol. The van der Waals surface area contributed by atoms with Gasteiger partial charge in [-0.1, -0.05) is 19.8 Å². The summed E-state index contributed by atoms with van der Waals surface area (Å²) in [7, 11) is 0. The van der Waals surface area contributed by atoms with Crippen LogP contribution in [0.1, 0.15) is 46.0 Å². The van der Waals surface area contributed by atoms with Crippen LogP contribution in [-0.4, -0.2) is 50.5 Å². The van der Waals surface area contributed by atoms with E-state index in [2.05, 4.69) is 11.8 Å². The van der Waals surface area contributed by atoms with Gasteiger partial charge in [0.1, 0.15) is 0 Å². The topological polar surface area (TPSA) is 21.7 Å². The van der Waals surface area contributed by atoms with E-state index in [0.29, 0.717) is 0 Å². The Morgan fingerprint density at radius 3 is 2.65 bits per heavy atom. The van der Waals surface area contributed by atoms with Crippen molar-refractivity contribution in [3.63, 3.8) is 0 Å². The van der Waals surface area contributed by atoms with Crippen molar-refractivity contribution in [1.82, 2.24) is 4.90 Å². The van der Waals surface area contributed by atoms with Gasteiger partial charge in [0.15, 0.2) is 0 Å². The summed E-state index contributed by atoms with van der Waals surface area (Å²) in [5.74, 6) is 0. The Morgan fingerprint density at radius 2 is 1.88 bits per heavy atom. The highest BCUT2D eigenvalue weighted by Crippen LogP contribution is 2.20. The molecular weight excluding hydrogens is 214 g/mol. The van der Waals surface area contributed by atoms with Gasteiger partial charge in [-0.05, 0) is 32.7 Å². The molecule has 1 atom stereocenters. The van der Waals surface area contributed by atoms with Gasteiger partial charge in [-0.25, -0.2) is 0 Å². The first-order valence-electron chi connectivity index (χ1n) is 7.28. The summed E-state index contributed by atoms with van der Waals surface area (Å²) in [5, 5.41) is 0. The lowest BCUT2D eigenvalue weighted by Gasteiger charge is -2.35. The molecule has 0 saturated carbocycles. The first kappa shape index (κ1) is 14.9. The molecule has 102 valence electrons. The van der Waals surface area contributed by atoms with Crippen LogP contribution in [0.3, 0.4) is 0 Å². The molecule has 3 heteroatoms. The van der Waals surface area contributed by atoms with Crippen LogP contribution in [-0.2, 0) is 9.47 Å². The van der Waals surface area contributed by atoms with Crippen LogP contribution in [0.25, 0.3) is 0 Å². The molecule has 0 aromatic carbocycles. The fourth-order valence-electron chi connectivity index (χ4n) is 2.56. The zero-order chi connectivity index (χ0) is 12.3. The van der Waals surface area contributed by atoms with Crippen molar-refractivity contribution < 1.29 is 9.47 Å². The molecule has 0 aliphatic carbocycles. The fourth-order valence-corrected chi connectivity index (χ4v) is 2.56. The smallest absolute Gasteiger partial charge is 0.0701 e. The maximum atomic E-state index is 5.60. The Labute approximate surface area is 106 Å². The van der Waals surface area contributed by atoms with Gasteiger partial charge in [-0.3, -0.25) is 4.90 Å². The average Bonchev–Trinajstić information content (AvgIpc) is 2.36. The summed E-state index contributed by atoms with van der Waals surface area (Å²) in [6, 6.07) is 0.809. The van der Waals surface area contributed by atoms with Gasteiger partial charge in [-0.15, -0.1) is 0 Å². The van der Waals surface area contributed by atoms with E-state index in [1.54, 1.807) is 0 Å². The summed E-state index contributed by atoms with van der Waals surface area (Å²) in [5.41, 5.74) is 0. The number of piperidine rings is 1. The van der Waals surface area contributed by atoms with Crippen LogP contribution in [0.15, 0.2) is 0 Å². The maximum Gasteiger partial charge on any atom is 0.0701 e. The van der Waals surface area contributed by atoms with Crippen molar-refractivity contribution in [3.8, 4) is 0 Å². The average molecular weight is 243 g/mol. The molecule has 1 unspecified atom stereocenters. The van der Waals surface area contributed by atoms with Crippen LogP contribution in [0.2, 0.25) is 0 Å². The lowest BCUT2D eigenvalue weighted by molar-refractivity contribution is 0.0308. The Kier molecular flexibility index (Phi) is 8.67. The Hall–Kier alpha value is -0.120. The van der Waals surface area contributed by atoms with E-state index < -0.39 is 0 Å². The van der Waals surface area contributed by atoms with E-state index >= 15 is 0 Å². The summed E-state index contributed by atoms with van der Waals surface area (Å²) < 4.78 is 10.8. The lowest BCUT2D eigenvalue weighted by Crippen LogP contribution is -2.41.